The van der Waals surface area contributed by atoms with Crippen LogP contribution in [-0.4, -0.2) is 13.2 Å². The molecule has 0 spiro atoms. The minimum absolute atomic E-state index is 0.125. The van der Waals surface area contributed by atoms with Crippen LogP contribution < -0.4 is 10.1 Å². The number of hydrogen-bond donors (Lipinski definition) is 1. The van der Waals surface area contributed by atoms with Crippen molar-refractivity contribution in [1.82, 2.24) is 5.32 Å². The van der Waals surface area contributed by atoms with E-state index in [0.717, 1.165) is 49.1 Å². The Hall–Kier alpha value is -1.09. The Bertz CT molecular complexity index is 399. The molecule has 1 fully saturated rings. The molecule has 0 unspecified atom stereocenters. The summed E-state index contributed by atoms with van der Waals surface area (Å²) in [4.78, 5) is 0. The van der Waals surface area contributed by atoms with E-state index in [1.807, 2.05) is 6.07 Å². The van der Waals surface area contributed by atoms with Gasteiger partial charge in [0.1, 0.15) is 11.6 Å². The summed E-state index contributed by atoms with van der Waals surface area (Å²) in [5.41, 5.74) is 1.98. The molecule has 2 aliphatic rings. The number of nitrogens with one attached hydrogen (secondary N) is 1. The van der Waals surface area contributed by atoms with E-state index in [9.17, 15) is 4.39 Å². The van der Waals surface area contributed by atoms with Gasteiger partial charge in [0.15, 0.2) is 0 Å². The molecule has 1 atom stereocenters. The summed E-state index contributed by atoms with van der Waals surface area (Å²) in [6.07, 6.45) is 4.22. The predicted molar refractivity (Wildman–Crippen MR) is 60.2 cm³/mol. The smallest absolute Gasteiger partial charge is 0.131 e. The molecule has 0 bridgehead atoms. The van der Waals surface area contributed by atoms with Gasteiger partial charge in [-0.15, -0.1) is 0 Å². The zero-order valence-electron chi connectivity index (χ0n) is 9.26. The molecule has 1 N–H and O–H groups in total. The van der Waals surface area contributed by atoms with E-state index in [1.54, 1.807) is 6.07 Å². The van der Waals surface area contributed by atoms with Crippen LogP contribution in [0.5, 0.6) is 5.75 Å². The Morgan fingerprint density at radius 2 is 2.25 bits per heavy atom. The van der Waals surface area contributed by atoms with E-state index in [-0.39, 0.29) is 11.9 Å². The largest absolute Gasteiger partial charge is 0.493 e. The molecule has 0 amide bonds. The molecule has 1 aromatic carbocycles. The zero-order valence-corrected chi connectivity index (χ0v) is 9.26. The van der Waals surface area contributed by atoms with Gasteiger partial charge in [0.25, 0.3) is 0 Å². The van der Waals surface area contributed by atoms with Crippen LogP contribution in [0.25, 0.3) is 0 Å². The first-order valence-corrected chi connectivity index (χ1v) is 6.03. The second-order valence-corrected chi connectivity index (χ2v) is 4.58. The van der Waals surface area contributed by atoms with Gasteiger partial charge in [0.2, 0.25) is 0 Å². The van der Waals surface area contributed by atoms with Crippen LogP contribution in [0.1, 0.15) is 36.4 Å². The van der Waals surface area contributed by atoms with Crippen LogP contribution in [0.15, 0.2) is 12.1 Å². The Morgan fingerprint density at radius 1 is 1.31 bits per heavy atom. The van der Waals surface area contributed by atoms with Crippen LogP contribution in [-0.2, 0) is 6.42 Å². The first-order chi connectivity index (χ1) is 7.84. The lowest BCUT2D eigenvalue weighted by molar-refractivity contribution is 0.286. The van der Waals surface area contributed by atoms with E-state index >= 15 is 0 Å². The molecular formula is C13H16FNO. The van der Waals surface area contributed by atoms with Gasteiger partial charge < -0.3 is 10.1 Å². The predicted octanol–water partition coefficient (Wildman–Crippen LogP) is 2.58. The summed E-state index contributed by atoms with van der Waals surface area (Å²) in [5, 5.41) is 3.34. The molecule has 86 valence electrons. The summed E-state index contributed by atoms with van der Waals surface area (Å²) in [5.74, 6) is 0.616. The molecule has 2 nitrogen and oxygen atoms in total. The van der Waals surface area contributed by atoms with Crippen LogP contribution in [0.3, 0.4) is 0 Å². The molecule has 0 radical (unpaired) electrons. The van der Waals surface area contributed by atoms with Crippen molar-refractivity contribution < 1.29 is 9.13 Å². The van der Waals surface area contributed by atoms with Crippen molar-refractivity contribution in [2.75, 3.05) is 13.2 Å². The van der Waals surface area contributed by atoms with Gasteiger partial charge in [-0.25, -0.2) is 4.39 Å². The molecule has 16 heavy (non-hydrogen) atoms. The molecule has 1 saturated heterocycles. The van der Waals surface area contributed by atoms with Crippen LogP contribution >= 0.6 is 0 Å². The lowest BCUT2D eigenvalue weighted by Crippen LogP contribution is -2.16. The number of fused-ring (bicyclic) bond motifs is 1. The third kappa shape index (κ3) is 1.69. The highest BCUT2D eigenvalue weighted by molar-refractivity contribution is 5.40. The van der Waals surface area contributed by atoms with Gasteiger partial charge in [-0.3, -0.25) is 0 Å². The van der Waals surface area contributed by atoms with Crippen LogP contribution in [0, 0.1) is 5.82 Å². The Labute approximate surface area is 94.8 Å². The van der Waals surface area contributed by atoms with E-state index in [2.05, 4.69) is 5.32 Å². The number of ether oxygens (including phenoxy) is 1. The molecule has 2 aliphatic heterocycles. The van der Waals surface area contributed by atoms with Gasteiger partial charge in [-0.05, 0) is 43.9 Å². The number of halogens is 1. The average molecular weight is 221 g/mol. The lowest BCUT2D eigenvalue weighted by atomic mass is 9.98. The molecule has 1 aromatic rings. The second kappa shape index (κ2) is 4.06. The van der Waals surface area contributed by atoms with Crippen LogP contribution in [0.4, 0.5) is 4.39 Å². The van der Waals surface area contributed by atoms with Crippen molar-refractivity contribution in [3.8, 4) is 5.75 Å². The number of aryl methyl sites for hydroxylation is 1. The SMILES string of the molecule is Fc1cc2c(cc1[C@@H]1CCCN1)CCCO2. The maximum Gasteiger partial charge on any atom is 0.131 e. The first kappa shape index (κ1) is 10.1. The van der Waals surface area contributed by atoms with Gasteiger partial charge in [0.05, 0.1) is 6.61 Å². The van der Waals surface area contributed by atoms with Gasteiger partial charge in [-0.1, -0.05) is 0 Å². The fraction of sp³-hybridized carbons (Fsp3) is 0.538. The molecule has 2 heterocycles. The Balaban J connectivity index is 1.98. The van der Waals surface area contributed by atoms with Crippen LogP contribution in [0.2, 0.25) is 0 Å². The van der Waals surface area contributed by atoms with Crippen molar-refractivity contribution in [1.29, 1.82) is 0 Å². The Morgan fingerprint density at radius 3 is 3.06 bits per heavy atom. The van der Waals surface area contributed by atoms with E-state index < -0.39 is 0 Å². The highest BCUT2D eigenvalue weighted by atomic mass is 19.1. The minimum Gasteiger partial charge on any atom is -0.493 e. The van der Waals surface area contributed by atoms with Gasteiger partial charge in [-0.2, -0.15) is 0 Å². The summed E-state index contributed by atoms with van der Waals surface area (Å²) in [6, 6.07) is 3.75. The minimum atomic E-state index is -0.125. The summed E-state index contributed by atoms with van der Waals surface area (Å²) in [7, 11) is 0. The molecule has 0 saturated carbocycles. The lowest BCUT2D eigenvalue weighted by Gasteiger charge is -2.20. The third-order valence-electron chi connectivity index (χ3n) is 3.46. The third-order valence-corrected chi connectivity index (χ3v) is 3.46. The molecular weight excluding hydrogens is 205 g/mol. The topological polar surface area (TPSA) is 21.3 Å². The summed E-state index contributed by atoms with van der Waals surface area (Å²) < 4.78 is 19.4. The summed E-state index contributed by atoms with van der Waals surface area (Å²) in [6.45, 7) is 1.71. The quantitative estimate of drug-likeness (QED) is 0.787. The highest BCUT2D eigenvalue weighted by Crippen LogP contribution is 2.32. The van der Waals surface area contributed by atoms with E-state index in [1.165, 1.54) is 0 Å². The van der Waals surface area contributed by atoms with E-state index in [0.29, 0.717) is 6.61 Å². The van der Waals surface area contributed by atoms with E-state index in [4.69, 9.17) is 4.74 Å². The number of benzene rings is 1. The number of rotatable bonds is 1. The average Bonchev–Trinajstić information content (AvgIpc) is 2.81. The molecule has 0 aliphatic carbocycles. The summed E-state index contributed by atoms with van der Waals surface area (Å²) >= 11 is 0. The Kier molecular flexibility index (Phi) is 2.56. The second-order valence-electron chi connectivity index (χ2n) is 4.58. The van der Waals surface area contributed by atoms with Crippen molar-refractivity contribution in [3.63, 3.8) is 0 Å². The maximum absolute atomic E-state index is 13.9. The molecule has 3 heteroatoms. The normalized spacial score (nSPS) is 23.9. The fourth-order valence-electron chi connectivity index (χ4n) is 2.61. The van der Waals surface area contributed by atoms with Gasteiger partial charge in [0, 0.05) is 17.7 Å². The fourth-order valence-corrected chi connectivity index (χ4v) is 2.61. The number of hydrogen-bond acceptors (Lipinski definition) is 2. The van der Waals surface area contributed by atoms with Gasteiger partial charge >= 0.3 is 0 Å². The monoisotopic (exact) mass is 221 g/mol. The van der Waals surface area contributed by atoms with Crippen molar-refractivity contribution in [2.24, 2.45) is 0 Å². The standard InChI is InChI=1S/C13H16FNO/c14-11-8-13-9(3-2-6-16-13)7-10(11)12-4-1-5-15-12/h7-8,12,15H,1-6H2/t12-/m0/s1. The maximum atomic E-state index is 13.9. The van der Waals surface area contributed by atoms with Crippen molar-refractivity contribution >= 4 is 0 Å². The van der Waals surface area contributed by atoms with Crippen molar-refractivity contribution in [3.05, 3.63) is 29.1 Å². The molecule has 3 rings (SSSR count). The highest BCUT2D eigenvalue weighted by Gasteiger charge is 2.22. The zero-order chi connectivity index (χ0) is 11.0. The van der Waals surface area contributed by atoms with Crippen molar-refractivity contribution in [2.45, 2.75) is 31.7 Å². The first-order valence-electron chi connectivity index (χ1n) is 6.03. The molecule has 0 aromatic heterocycles.